The highest BCUT2D eigenvalue weighted by Crippen LogP contribution is 2.29. The first-order valence-electron chi connectivity index (χ1n) is 7.59. The van der Waals surface area contributed by atoms with E-state index in [0.29, 0.717) is 6.42 Å². The van der Waals surface area contributed by atoms with E-state index in [1.165, 1.54) is 0 Å². The summed E-state index contributed by atoms with van der Waals surface area (Å²) >= 11 is 0. The molecule has 0 heterocycles. The van der Waals surface area contributed by atoms with Gasteiger partial charge in [0, 0.05) is 12.2 Å². The average molecular weight is 304 g/mol. The van der Waals surface area contributed by atoms with Crippen LogP contribution in [0.15, 0.2) is 83.6 Å². The molecular weight excluding hydrogens is 286 g/mol. The molecular formula is C20H18NO2+. The molecule has 0 bridgehead atoms. The van der Waals surface area contributed by atoms with Crippen molar-refractivity contribution in [2.75, 3.05) is 7.11 Å². The zero-order valence-corrected chi connectivity index (χ0v) is 13.0. The zero-order chi connectivity index (χ0) is 16.1. The summed E-state index contributed by atoms with van der Waals surface area (Å²) in [5.41, 5.74) is 2.03. The lowest BCUT2D eigenvalue weighted by molar-refractivity contribution is -0.417. The van der Waals surface area contributed by atoms with Crippen molar-refractivity contribution in [1.82, 2.24) is 0 Å². The van der Waals surface area contributed by atoms with Gasteiger partial charge in [0.25, 0.3) is 7.11 Å². The first kappa shape index (κ1) is 15.1. The molecule has 2 aromatic rings. The number of ketones is 1. The Bertz CT molecular complexity index is 820. The third-order valence-electron chi connectivity index (χ3n) is 4.00. The molecule has 1 unspecified atom stereocenters. The Balaban J connectivity index is 1.86. The number of carbonyl (C=O) groups excluding carboxylic acids is 1. The molecule has 0 spiro atoms. The van der Waals surface area contributed by atoms with Gasteiger partial charge in [-0.05, 0) is 40.5 Å². The average Bonchev–Trinajstić information content (AvgIpc) is 2.63. The van der Waals surface area contributed by atoms with Crippen LogP contribution in [0.4, 0.5) is 0 Å². The highest BCUT2D eigenvalue weighted by atomic mass is 16.4. The van der Waals surface area contributed by atoms with Gasteiger partial charge in [0.1, 0.15) is 6.04 Å². The molecule has 3 heteroatoms. The molecule has 0 amide bonds. The summed E-state index contributed by atoms with van der Waals surface area (Å²) in [6.07, 6.45) is 10.4. The van der Waals surface area contributed by atoms with Gasteiger partial charge in [-0.15, -0.1) is 0 Å². The molecule has 0 aromatic heterocycles. The summed E-state index contributed by atoms with van der Waals surface area (Å²) in [5, 5.41) is 5.56. The summed E-state index contributed by atoms with van der Waals surface area (Å²) in [6.45, 7) is 0. The van der Waals surface area contributed by atoms with Crippen LogP contribution < -0.4 is 0 Å². The maximum absolute atomic E-state index is 11.4. The molecule has 1 aliphatic carbocycles. The topological polar surface area (TPSA) is 40.7 Å². The molecule has 0 fully saturated rings. The lowest BCUT2D eigenvalue weighted by Gasteiger charge is -2.11. The van der Waals surface area contributed by atoms with Crippen molar-refractivity contribution in [1.29, 1.82) is 0 Å². The summed E-state index contributed by atoms with van der Waals surface area (Å²) in [7, 11) is 1.64. The van der Waals surface area contributed by atoms with E-state index in [9.17, 15) is 4.91 Å². The van der Waals surface area contributed by atoms with E-state index in [2.05, 4.69) is 5.18 Å². The lowest BCUT2D eigenvalue weighted by Crippen LogP contribution is -1.97. The molecule has 23 heavy (non-hydrogen) atoms. The molecule has 0 N–H and O–H groups in total. The Hall–Kier alpha value is -2.81. The van der Waals surface area contributed by atoms with Crippen molar-refractivity contribution in [2.24, 2.45) is 5.18 Å². The van der Waals surface area contributed by atoms with Gasteiger partial charge in [-0.2, -0.15) is 4.91 Å². The minimum Gasteiger partial charge on any atom is -0.258 e. The third kappa shape index (κ3) is 3.34. The van der Waals surface area contributed by atoms with E-state index in [1.54, 1.807) is 7.11 Å². The van der Waals surface area contributed by atoms with Crippen molar-refractivity contribution in [3.63, 3.8) is 0 Å². The maximum Gasteiger partial charge on any atom is 0.343 e. The van der Waals surface area contributed by atoms with Crippen molar-refractivity contribution in [3.05, 3.63) is 88.9 Å². The summed E-state index contributed by atoms with van der Waals surface area (Å²) in [6, 6.07) is 13.7. The number of hydrogen-bond acceptors (Lipinski definition) is 2. The molecule has 0 saturated heterocycles. The first-order chi connectivity index (χ1) is 11.3. The Kier molecular flexibility index (Phi) is 4.57. The van der Waals surface area contributed by atoms with Gasteiger partial charge in [0.2, 0.25) is 0 Å². The van der Waals surface area contributed by atoms with Crippen molar-refractivity contribution in [3.8, 4) is 0 Å². The number of rotatable bonds is 4. The van der Waals surface area contributed by atoms with Crippen molar-refractivity contribution >= 4 is 16.6 Å². The van der Waals surface area contributed by atoms with Crippen molar-refractivity contribution < 1.29 is 4.42 Å². The number of benzene rings is 2. The Morgan fingerprint density at radius 3 is 2.52 bits per heavy atom. The largest absolute Gasteiger partial charge is 0.343 e. The van der Waals surface area contributed by atoms with E-state index in [1.807, 2.05) is 72.8 Å². The van der Waals surface area contributed by atoms with Crippen LogP contribution in [-0.4, -0.2) is 12.9 Å². The monoisotopic (exact) mass is 304 g/mol. The van der Waals surface area contributed by atoms with Crippen LogP contribution in [-0.2, 0) is 4.42 Å². The van der Waals surface area contributed by atoms with E-state index in [0.717, 1.165) is 27.7 Å². The molecule has 0 saturated carbocycles. The fourth-order valence-corrected chi connectivity index (χ4v) is 2.76. The van der Waals surface area contributed by atoms with Gasteiger partial charge in [-0.1, -0.05) is 53.7 Å². The molecule has 2 aromatic carbocycles. The minimum atomic E-state index is -0.386. The zero-order valence-electron chi connectivity index (χ0n) is 13.0. The van der Waals surface area contributed by atoms with Crippen molar-refractivity contribution in [2.45, 2.75) is 12.5 Å². The van der Waals surface area contributed by atoms with Gasteiger partial charge >= 0.3 is 5.78 Å². The predicted octanol–water partition coefficient (Wildman–Crippen LogP) is 4.82. The molecule has 1 aliphatic rings. The van der Waals surface area contributed by atoms with Crippen LogP contribution in [0, 0.1) is 4.91 Å². The van der Waals surface area contributed by atoms with Crippen LogP contribution in [0.1, 0.15) is 18.0 Å². The van der Waals surface area contributed by atoms with Gasteiger partial charge < -0.3 is 0 Å². The first-order valence-corrected chi connectivity index (χ1v) is 7.59. The fourth-order valence-electron chi connectivity index (χ4n) is 2.76. The predicted molar refractivity (Wildman–Crippen MR) is 94.4 cm³/mol. The Morgan fingerprint density at radius 1 is 1.04 bits per heavy atom. The van der Waals surface area contributed by atoms with E-state index >= 15 is 0 Å². The second-order valence-corrected chi connectivity index (χ2v) is 5.40. The standard InChI is InChI=1S/C20H18NO2/c1-23-17-12-9-15(10-13-17)11-14-20(21-22)19-8-4-6-16-5-2-3-7-18(16)19/h2-13,20H,14H2,1H3/q+1. The van der Waals surface area contributed by atoms with Crippen LogP contribution in [0.5, 0.6) is 0 Å². The smallest absolute Gasteiger partial charge is 0.258 e. The molecule has 1 atom stereocenters. The van der Waals surface area contributed by atoms with E-state index in [-0.39, 0.29) is 6.04 Å². The van der Waals surface area contributed by atoms with E-state index in [4.69, 9.17) is 4.42 Å². The van der Waals surface area contributed by atoms with Gasteiger partial charge in [0.05, 0.1) is 0 Å². The Morgan fingerprint density at radius 2 is 1.78 bits per heavy atom. The highest BCUT2D eigenvalue weighted by Gasteiger charge is 2.14. The number of nitroso groups, excluding NO2 is 1. The summed E-state index contributed by atoms with van der Waals surface area (Å²) < 4.78 is 5.15. The molecule has 3 nitrogen and oxygen atoms in total. The third-order valence-corrected chi connectivity index (χ3v) is 4.00. The van der Waals surface area contributed by atoms with Gasteiger partial charge in [-0.25, -0.2) is 0 Å². The Labute approximate surface area is 135 Å². The fraction of sp³-hybridized carbons (Fsp3) is 0.150. The molecule has 114 valence electrons. The van der Waals surface area contributed by atoms with Crippen LogP contribution in [0.25, 0.3) is 10.8 Å². The second kappa shape index (κ2) is 6.97. The summed E-state index contributed by atoms with van der Waals surface area (Å²) in [4.78, 5) is 11.4. The minimum absolute atomic E-state index is 0.386. The van der Waals surface area contributed by atoms with Gasteiger partial charge in [0.15, 0.2) is 0 Å². The highest BCUT2D eigenvalue weighted by molar-refractivity contribution is 6.01. The second-order valence-electron chi connectivity index (χ2n) is 5.40. The number of hydrogen-bond donors (Lipinski definition) is 0. The normalized spacial score (nSPS) is 14.8. The molecule has 0 aliphatic heterocycles. The molecule has 0 radical (unpaired) electrons. The van der Waals surface area contributed by atoms with Crippen LogP contribution in [0.3, 0.4) is 0 Å². The summed E-state index contributed by atoms with van der Waals surface area (Å²) in [5.74, 6) is 0.821. The molecule has 3 rings (SSSR count). The van der Waals surface area contributed by atoms with Crippen LogP contribution >= 0.6 is 0 Å². The van der Waals surface area contributed by atoms with Crippen LogP contribution in [0.2, 0.25) is 0 Å². The number of nitrogens with zero attached hydrogens (tertiary/aromatic N) is 1. The maximum atomic E-state index is 11.4. The van der Waals surface area contributed by atoms with E-state index < -0.39 is 0 Å². The lowest BCUT2D eigenvalue weighted by atomic mass is 9.96. The number of fused-ring (bicyclic) bond motifs is 1. The quantitative estimate of drug-likeness (QED) is 0.589. The SMILES string of the molecule is C[O+]=C1C=CC(=CCC(N=O)c2cccc3ccccc23)C=C1. The van der Waals surface area contributed by atoms with Gasteiger partial charge in [-0.3, -0.25) is 4.42 Å². The number of allylic oxidation sites excluding steroid dienone is 5.